The van der Waals surface area contributed by atoms with E-state index in [9.17, 15) is 4.79 Å². The number of carbonyl (C=O) groups excluding carboxylic acids is 1. The number of halogens is 1. The van der Waals surface area contributed by atoms with E-state index in [4.69, 9.17) is 5.73 Å². The Bertz CT molecular complexity index is 383. The number of carbonyl (C=O) groups is 1. The quantitative estimate of drug-likeness (QED) is 0.882. The molecule has 0 unspecified atom stereocenters. The Morgan fingerprint density at radius 3 is 2.11 bits per heavy atom. The van der Waals surface area contributed by atoms with E-state index in [-0.39, 0.29) is 23.9 Å². The van der Waals surface area contributed by atoms with Gasteiger partial charge < -0.3 is 11.1 Å². The Morgan fingerprint density at radius 1 is 1.17 bits per heavy atom. The summed E-state index contributed by atoms with van der Waals surface area (Å²) in [5.74, 6) is 0.00206. The fourth-order valence-corrected chi connectivity index (χ4v) is 1.51. The lowest BCUT2D eigenvalue weighted by molar-refractivity contribution is -0.125. The van der Waals surface area contributed by atoms with Crippen LogP contribution in [0.2, 0.25) is 0 Å². The predicted octanol–water partition coefficient (Wildman–Crippen LogP) is 2.24. The zero-order chi connectivity index (χ0) is 13.1. The summed E-state index contributed by atoms with van der Waals surface area (Å²) in [5, 5.41) is 2.90. The Labute approximate surface area is 116 Å². The van der Waals surface area contributed by atoms with Crippen LogP contribution in [-0.4, -0.2) is 18.0 Å². The highest BCUT2D eigenvalue weighted by Crippen LogP contribution is 2.22. The first-order chi connectivity index (χ1) is 7.73. The van der Waals surface area contributed by atoms with Crippen molar-refractivity contribution in [2.75, 3.05) is 6.54 Å². The predicted molar refractivity (Wildman–Crippen MR) is 78.0 cm³/mol. The van der Waals surface area contributed by atoms with Crippen molar-refractivity contribution >= 4 is 18.3 Å². The number of nitrogens with one attached hydrogen (secondary N) is 1. The van der Waals surface area contributed by atoms with Gasteiger partial charge in [-0.3, -0.25) is 4.79 Å². The van der Waals surface area contributed by atoms with Gasteiger partial charge in [-0.05, 0) is 33.3 Å². The summed E-state index contributed by atoms with van der Waals surface area (Å²) >= 11 is 0. The zero-order valence-electron chi connectivity index (χ0n) is 11.5. The summed E-state index contributed by atoms with van der Waals surface area (Å²) in [6.07, 6.45) is 0. The van der Waals surface area contributed by atoms with Crippen molar-refractivity contribution in [2.45, 2.75) is 38.6 Å². The van der Waals surface area contributed by atoms with Gasteiger partial charge in [0.05, 0.1) is 5.41 Å². The molecular formula is C14H23ClN2O. The molecule has 1 aromatic carbocycles. The van der Waals surface area contributed by atoms with Gasteiger partial charge in [-0.2, -0.15) is 0 Å². The van der Waals surface area contributed by atoms with E-state index in [2.05, 4.69) is 5.32 Å². The highest BCUT2D eigenvalue weighted by atomic mass is 35.5. The molecule has 0 aliphatic heterocycles. The Hall–Kier alpha value is -1.06. The fourth-order valence-electron chi connectivity index (χ4n) is 1.51. The van der Waals surface area contributed by atoms with Crippen molar-refractivity contribution in [3.8, 4) is 0 Å². The molecule has 1 aromatic rings. The Kier molecular flexibility index (Phi) is 5.84. The molecule has 0 saturated carbocycles. The number of hydrogen-bond acceptors (Lipinski definition) is 2. The summed E-state index contributed by atoms with van der Waals surface area (Å²) < 4.78 is 0. The molecule has 102 valence electrons. The van der Waals surface area contributed by atoms with Gasteiger partial charge in [-0.25, -0.2) is 0 Å². The van der Waals surface area contributed by atoms with Gasteiger partial charge >= 0.3 is 0 Å². The summed E-state index contributed by atoms with van der Waals surface area (Å²) in [6, 6.07) is 9.76. The van der Waals surface area contributed by atoms with Gasteiger partial charge in [-0.15, -0.1) is 12.4 Å². The molecule has 0 fully saturated rings. The van der Waals surface area contributed by atoms with Crippen LogP contribution in [0.4, 0.5) is 0 Å². The maximum absolute atomic E-state index is 12.1. The number of amides is 1. The minimum Gasteiger partial charge on any atom is -0.354 e. The molecule has 0 radical (unpaired) electrons. The summed E-state index contributed by atoms with van der Waals surface area (Å²) in [7, 11) is 0. The van der Waals surface area contributed by atoms with E-state index in [1.165, 1.54) is 0 Å². The molecule has 3 N–H and O–H groups in total. The van der Waals surface area contributed by atoms with Crippen LogP contribution in [0, 0.1) is 0 Å². The van der Waals surface area contributed by atoms with E-state index < -0.39 is 5.41 Å². The van der Waals surface area contributed by atoms with E-state index in [1.54, 1.807) is 0 Å². The average molecular weight is 271 g/mol. The second kappa shape index (κ2) is 6.21. The minimum atomic E-state index is -0.535. The van der Waals surface area contributed by atoms with Crippen LogP contribution in [0.5, 0.6) is 0 Å². The molecular weight excluding hydrogens is 248 g/mol. The van der Waals surface area contributed by atoms with Crippen LogP contribution in [0.15, 0.2) is 30.3 Å². The third-order valence-electron chi connectivity index (χ3n) is 2.77. The van der Waals surface area contributed by atoms with E-state index in [1.807, 2.05) is 58.0 Å². The van der Waals surface area contributed by atoms with Crippen molar-refractivity contribution in [1.82, 2.24) is 5.32 Å². The maximum atomic E-state index is 12.1. The molecule has 4 heteroatoms. The van der Waals surface area contributed by atoms with Crippen molar-refractivity contribution in [2.24, 2.45) is 5.73 Å². The molecule has 1 amide bonds. The third kappa shape index (κ3) is 4.67. The molecule has 0 spiro atoms. The second-order valence-corrected chi connectivity index (χ2v) is 5.66. The third-order valence-corrected chi connectivity index (χ3v) is 2.77. The first kappa shape index (κ1) is 16.9. The SMILES string of the molecule is CC(C)(N)CNC(=O)C(C)(C)c1ccccc1.Cl. The molecule has 1 rings (SSSR count). The van der Waals surface area contributed by atoms with E-state index in [0.717, 1.165) is 5.56 Å². The summed E-state index contributed by atoms with van der Waals surface area (Å²) in [6.45, 7) is 8.09. The normalized spacial score (nSPS) is 11.6. The number of nitrogens with two attached hydrogens (primary N) is 1. The number of rotatable bonds is 4. The molecule has 0 saturated heterocycles. The Morgan fingerprint density at radius 2 is 1.67 bits per heavy atom. The van der Waals surface area contributed by atoms with Gasteiger partial charge in [0.2, 0.25) is 5.91 Å². The first-order valence-corrected chi connectivity index (χ1v) is 5.86. The van der Waals surface area contributed by atoms with E-state index in [0.29, 0.717) is 6.54 Å². The van der Waals surface area contributed by atoms with Crippen LogP contribution in [0.3, 0.4) is 0 Å². The minimum absolute atomic E-state index is 0. The molecule has 0 aliphatic carbocycles. The standard InChI is InChI=1S/C14H22N2O.ClH/c1-13(2,15)10-16-12(17)14(3,4)11-8-6-5-7-9-11;/h5-9H,10,15H2,1-4H3,(H,16,17);1H. The zero-order valence-corrected chi connectivity index (χ0v) is 12.3. The van der Waals surface area contributed by atoms with Crippen LogP contribution in [0.25, 0.3) is 0 Å². The van der Waals surface area contributed by atoms with Gasteiger partial charge in [-0.1, -0.05) is 30.3 Å². The fraction of sp³-hybridized carbons (Fsp3) is 0.500. The van der Waals surface area contributed by atoms with E-state index >= 15 is 0 Å². The molecule has 0 aliphatic rings. The van der Waals surface area contributed by atoms with Gasteiger partial charge in [0.15, 0.2) is 0 Å². The van der Waals surface area contributed by atoms with Crippen molar-refractivity contribution in [3.63, 3.8) is 0 Å². The molecule has 0 aromatic heterocycles. The van der Waals surface area contributed by atoms with Crippen LogP contribution in [-0.2, 0) is 10.2 Å². The van der Waals surface area contributed by atoms with Crippen LogP contribution in [0.1, 0.15) is 33.3 Å². The first-order valence-electron chi connectivity index (χ1n) is 5.86. The Balaban J connectivity index is 0.00000289. The lowest BCUT2D eigenvalue weighted by Crippen LogP contribution is -2.49. The van der Waals surface area contributed by atoms with Crippen LogP contribution < -0.4 is 11.1 Å². The van der Waals surface area contributed by atoms with Gasteiger partial charge in [0.1, 0.15) is 0 Å². The van der Waals surface area contributed by atoms with Crippen molar-refractivity contribution in [3.05, 3.63) is 35.9 Å². The summed E-state index contributed by atoms with van der Waals surface area (Å²) in [5.41, 5.74) is 5.94. The topological polar surface area (TPSA) is 55.1 Å². The molecule has 18 heavy (non-hydrogen) atoms. The summed E-state index contributed by atoms with van der Waals surface area (Å²) in [4.78, 5) is 12.1. The number of benzene rings is 1. The molecule has 0 atom stereocenters. The van der Waals surface area contributed by atoms with Gasteiger partial charge in [0.25, 0.3) is 0 Å². The highest BCUT2D eigenvalue weighted by Gasteiger charge is 2.30. The molecule has 3 nitrogen and oxygen atoms in total. The number of hydrogen-bond donors (Lipinski definition) is 2. The average Bonchev–Trinajstić information content (AvgIpc) is 2.26. The smallest absolute Gasteiger partial charge is 0.230 e. The maximum Gasteiger partial charge on any atom is 0.230 e. The lowest BCUT2D eigenvalue weighted by atomic mass is 9.83. The van der Waals surface area contributed by atoms with Crippen molar-refractivity contribution < 1.29 is 4.79 Å². The van der Waals surface area contributed by atoms with Crippen LogP contribution >= 0.6 is 12.4 Å². The largest absolute Gasteiger partial charge is 0.354 e. The molecule has 0 heterocycles. The highest BCUT2D eigenvalue weighted by molar-refractivity contribution is 5.87. The van der Waals surface area contributed by atoms with Crippen molar-refractivity contribution in [1.29, 1.82) is 0 Å². The van der Waals surface area contributed by atoms with Gasteiger partial charge in [0, 0.05) is 12.1 Å². The monoisotopic (exact) mass is 270 g/mol. The molecule has 0 bridgehead atoms. The second-order valence-electron chi connectivity index (χ2n) is 5.66. The lowest BCUT2D eigenvalue weighted by Gasteiger charge is -2.27.